The third-order valence-electron chi connectivity index (χ3n) is 9.27. The lowest BCUT2D eigenvalue weighted by Gasteiger charge is -2.22. The van der Waals surface area contributed by atoms with Crippen molar-refractivity contribution >= 4 is 23.1 Å². The van der Waals surface area contributed by atoms with Gasteiger partial charge in [0.2, 0.25) is 17.3 Å². The summed E-state index contributed by atoms with van der Waals surface area (Å²) in [7, 11) is 0. The molecule has 2 aliphatic carbocycles. The van der Waals surface area contributed by atoms with Crippen molar-refractivity contribution in [3.63, 3.8) is 0 Å². The highest BCUT2D eigenvalue weighted by Crippen LogP contribution is 2.34. The van der Waals surface area contributed by atoms with E-state index in [2.05, 4.69) is 88.3 Å². The van der Waals surface area contributed by atoms with Crippen molar-refractivity contribution in [1.82, 2.24) is 0 Å². The molecule has 6 nitrogen and oxygen atoms in total. The zero-order valence-electron chi connectivity index (χ0n) is 37.7. The highest BCUT2D eigenvalue weighted by Gasteiger charge is 2.34. The van der Waals surface area contributed by atoms with Crippen LogP contribution in [0, 0.1) is 11.8 Å². The number of carbonyl (C=O) groups excluding carboxylic acids is 4. The molecular weight excluding hydrogens is 709 g/mol. The Morgan fingerprint density at radius 3 is 1.46 bits per heavy atom. The second-order valence-corrected chi connectivity index (χ2v) is 17.0. The molecule has 0 aromatic heterocycles. The Labute approximate surface area is 349 Å². The summed E-state index contributed by atoms with van der Waals surface area (Å²) < 4.78 is 0. The van der Waals surface area contributed by atoms with E-state index in [4.69, 9.17) is 0 Å². The van der Waals surface area contributed by atoms with E-state index in [0.29, 0.717) is 54.7 Å². The second kappa shape index (κ2) is 30.3. The smallest absolute Gasteiger partial charge is 0.233 e. The van der Waals surface area contributed by atoms with Crippen LogP contribution in [0.4, 0.5) is 0 Å². The summed E-state index contributed by atoms with van der Waals surface area (Å²) >= 11 is 0. The minimum absolute atomic E-state index is 0. The molecule has 0 fully saturated rings. The van der Waals surface area contributed by atoms with Crippen LogP contribution in [0.25, 0.3) is 0 Å². The molecule has 0 aromatic rings. The summed E-state index contributed by atoms with van der Waals surface area (Å²) in [4.78, 5) is 49.9. The minimum atomic E-state index is -0.523. The van der Waals surface area contributed by atoms with E-state index in [0.717, 1.165) is 75.7 Å². The van der Waals surface area contributed by atoms with E-state index in [1.165, 1.54) is 22.8 Å². The Morgan fingerprint density at radius 2 is 1.02 bits per heavy atom. The van der Waals surface area contributed by atoms with Gasteiger partial charge in [0, 0.05) is 27.9 Å². The average Bonchev–Trinajstić information content (AvgIpc) is 3.10. The van der Waals surface area contributed by atoms with Gasteiger partial charge in [-0.05, 0) is 130 Å². The van der Waals surface area contributed by atoms with Crippen molar-refractivity contribution in [2.75, 3.05) is 0 Å². The van der Waals surface area contributed by atoms with Crippen molar-refractivity contribution in [3.8, 4) is 0 Å². The first-order valence-electron chi connectivity index (χ1n) is 21.3. The zero-order chi connectivity index (χ0) is 43.0. The summed E-state index contributed by atoms with van der Waals surface area (Å²) in [5.41, 5.74) is 7.07. The van der Waals surface area contributed by atoms with Gasteiger partial charge in [-0.15, -0.1) is 0 Å². The number of allylic oxidation sites excluding steroid dienone is 14. The van der Waals surface area contributed by atoms with Crippen LogP contribution in [0.1, 0.15) is 194 Å². The number of carbonyl (C=O) groups is 4. The van der Waals surface area contributed by atoms with Gasteiger partial charge < -0.3 is 10.2 Å². The summed E-state index contributed by atoms with van der Waals surface area (Å²) in [6.07, 6.45) is 21.7. The molecule has 0 saturated carbocycles. The van der Waals surface area contributed by atoms with Gasteiger partial charge in [-0.2, -0.15) is 0 Å². The third-order valence-corrected chi connectivity index (χ3v) is 9.27. The van der Waals surface area contributed by atoms with E-state index in [1.54, 1.807) is 0 Å². The van der Waals surface area contributed by atoms with Gasteiger partial charge in [-0.3, -0.25) is 19.2 Å². The number of ketones is 4. The number of unbranched alkanes of at least 4 members (excludes halogenated alkanes) is 4. The SMILES string of the molecule is C.CC(C)C.CCCCCC1=C(CC(C)C)C(O)=C(C/C=C(\C)CCC=C(C)C)C(=O)C1=O.CCCCCC1=CC(=O)C(C/C=C(\C)CCC=C(C)C)=C(O)C1=O. The number of hydrogen-bond donors (Lipinski definition) is 2. The van der Waals surface area contributed by atoms with Crippen LogP contribution in [-0.4, -0.2) is 33.3 Å². The van der Waals surface area contributed by atoms with E-state index in [1.807, 2.05) is 26.0 Å². The molecule has 2 aliphatic rings. The molecule has 57 heavy (non-hydrogen) atoms. The molecule has 0 radical (unpaired) electrons. The van der Waals surface area contributed by atoms with Gasteiger partial charge in [0.25, 0.3) is 0 Å². The Balaban J connectivity index is 0. The summed E-state index contributed by atoms with van der Waals surface area (Å²) in [5, 5.41) is 21.0. The van der Waals surface area contributed by atoms with Crippen LogP contribution < -0.4 is 0 Å². The van der Waals surface area contributed by atoms with Crippen LogP contribution in [0.2, 0.25) is 0 Å². The van der Waals surface area contributed by atoms with Gasteiger partial charge in [0.1, 0.15) is 5.76 Å². The van der Waals surface area contributed by atoms with Crippen LogP contribution in [0.5, 0.6) is 0 Å². The summed E-state index contributed by atoms with van der Waals surface area (Å²) in [5.74, 6) is -0.703. The molecule has 6 heteroatoms. The predicted octanol–water partition coefficient (Wildman–Crippen LogP) is 14.8. The lowest BCUT2D eigenvalue weighted by Crippen LogP contribution is -2.27. The molecule has 0 aliphatic heterocycles. The lowest BCUT2D eigenvalue weighted by molar-refractivity contribution is -0.132. The quantitative estimate of drug-likeness (QED) is 0.0418. The monoisotopic (exact) mass is 791 g/mol. The molecular formula is C51H82O6. The van der Waals surface area contributed by atoms with Gasteiger partial charge in [0.15, 0.2) is 11.5 Å². The van der Waals surface area contributed by atoms with E-state index < -0.39 is 11.6 Å². The normalized spacial score (nSPS) is 15.0. The first-order valence-corrected chi connectivity index (χ1v) is 21.3. The van der Waals surface area contributed by atoms with Crippen molar-refractivity contribution in [2.45, 2.75) is 194 Å². The minimum Gasteiger partial charge on any atom is -0.507 e. The maximum Gasteiger partial charge on any atom is 0.233 e. The Bertz CT molecular complexity index is 1570. The fourth-order valence-electron chi connectivity index (χ4n) is 6.08. The Kier molecular flexibility index (Phi) is 29.4. The average molecular weight is 791 g/mol. The second-order valence-electron chi connectivity index (χ2n) is 17.0. The van der Waals surface area contributed by atoms with Gasteiger partial charge in [0.05, 0.1) is 0 Å². The maximum absolute atomic E-state index is 12.8. The van der Waals surface area contributed by atoms with Crippen molar-refractivity contribution < 1.29 is 29.4 Å². The maximum atomic E-state index is 12.8. The lowest BCUT2D eigenvalue weighted by atomic mass is 9.81. The van der Waals surface area contributed by atoms with Crippen molar-refractivity contribution in [3.05, 3.63) is 92.1 Å². The first kappa shape index (κ1) is 55.3. The van der Waals surface area contributed by atoms with E-state index in [-0.39, 0.29) is 41.7 Å². The van der Waals surface area contributed by atoms with Crippen LogP contribution >= 0.6 is 0 Å². The number of aliphatic hydroxyl groups excluding tert-OH is 2. The van der Waals surface area contributed by atoms with E-state index >= 15 is 0 Å². The molecule has 0 aromatic carbocycles. The Hall–Kier alpha value is -3.80. The molecule has 0 spiro atoms. The van der Waals surface area contributed by atoms with Gasteiger partial charge in [-0.25, -0.2) is 0 Å². The van der Waals surface area contributed by atoms with Crippen molar-refractivity contribution in [1.29, 1.82) is 0 Å². The van der Waals surface area contributed by atoms with E-state index in [9.17, 15) is 29.4 Å². The fraction of sp³-hybridized carbons (Fsp3) is 0.608. The number of rotatable bonds is 20. The number of aliphatic hydroxyl groups is 2. The highest BCUT2D eigenvalue weighted by atomic mass is 16.3. The highest BCUT2D eigenvalue weighted by molar-refractivity contribution is 6.50. The zero-order valence-corrected chi connectivity index (χ0v) is 37.7. The first-order chi connectivity index (χ1) is 26.3. The predicted molar refractivity (Wildman–Crippen MR) is 244 cm³/mol. The van der Waals surface area contributed by atoms with Gasteiger partial charge in [-0.1, -0.05) is 128 Å². The summed E-state index contributed by atoms with van der Waals surface area (Å²) in [6.45, 7) is 27.2. The third kappa shape index (κ3) is 22.7. The topological polar surface area (TPSA) is 109 Å². The summed E-state index contributed by atoms with van der Waals surface area (Å²) in [6, 6.07) is 0. The Morgan fingerprint density at radius 1 is 0.579 bits per heavy atom. The largest absolute Gasteiger partial charge is 0.507 e. The molecule has 322 valence electrons. The molecule has 2 rings (SSSR count). The molecule has 0 unspecified atom stereocenters. The number of Topliss-reactive ketones (excluding diaryl/α,β-unsaturated/α-hetero) is 3. The molecule has 0 heterocycles. The molecule has 0 saturated heterocycles. The van der Waals surface area contributed by atoms with Crippen LogP contribution in [0.3, 0.4) is 0 Å². The van der Waals surface area contributed by atoms with Crippen molar-refractivity contribution in [2.24, 2.45) is 11.8 Å². The number of hydrogen-bond acceptors (Lipinski definition) is 6. The molecule has 0 atom stereocenters. The van der Waals surface area contributed by atoms with Crippen LogP contribution in [-0.2, 0) is 19.2 Å². The van der Waals surface area contributed by atoms with Crippen LogP contribution in [0.15, 0.2) is 92.1 Å². The fourth-order valence-corrected chi connectivity index (χ4v) is 6.08. The molecule has 2 N–H and O–H groups in total. The van der Waals surface area contributed by atoms with Gasteiger partial charge >= 0.3 is 0 Å². The molecule has 0 amide bonds. The standard InChI is InChI=1S/C25H38O3.C21H30O3.C4H10.CH4/c1-7-8-9-13-20-22(16-18(4)5)23(26)21(25(28)24(20)27)15-14-19(6)12-10-11-17(2)3;1-5-6-7-11-17-14-19(22)18(21(24)20(17)23)13-12-16(4)10-8-9-15(2)3;1-4(2)3;/h11,14,18,26H,7-10,12-13,15-16H2,1-6H3;9,12,14,24H,5-8,10-11,13H2,1-4H3;4H,1-3H3;1H4/b19-14+;16-12+;;. The molecule has 0 bridgehead atoms.